The van der Waals surface area contributed by atoms with Crippen LogP contribution in [0.25, 0.3) is 0 Å². The lowest BCUT2D eigenvalue weighted by molar-refractivity contribution is -0.245. The first-order valence-electron chi connectivity index (χ1n) is 12.1. The predicted molar refractivity (Wildman–Crippen MR) is 142 cm³/mol. The van der Waals surface area contributed by atoms with E-state index in [0.29, 0.717) is 19.5 Å². The van der Waals surface area contributed by atoms with Crippen molar-refractivity contribution in [1.29, 1.82) is 0 Å². The smallest absolute Gasteiger partial charge is 0.315 e. The highest BCUT2D eigenvalue weighted by molar-refractivity contribution is 7.99. The average Bonchev–Trinajstić information content (AvgIpc) is 2.92. The molecule has 2 amide bonds. The number of aliphatic hydroxyl groups is 1. The molecule has 0 aromatic heterocycles. The van der Waals surface area contributed by atoms with Crippen molar-refractivity contribution < 1.29 is 19.4 Å². The molecular weight excluding hydrogens is 474 g/mol. The number of ether oxygens (including phenoxy) is 2. The number of benzene rings is 3. The van der Waals surface area contributed by atoms with Crippen LogP contribution in [0.2, 0.25) is 0 Å². The van der Waals surface area contributed by atoms with Gasteiger partial charge in [-0.3, -0.25) is 0 Å². The fourth-order valence-electron chi connectivity index (χ4n) is 4.02. The molecule has 190 valence electrons. The third-order valence-electron chi connectivity index (χ3n) is 6.00. The van der Waals surface area contributed by atoms with Gasteiger partial charge in [-0.25, -0.2) is 4.79 Å². The van der Waals surface area contributed by atoms with Crippen LogP contribution in [-0.4, -0.2) is 29.5 Å². The molecule has 0 spiro atoms. The molecule has 0 bridgehead atoms. The molecule has 1 unspecified atom stereocenters. The summed E-state index contributed by atoms with van der Waals surface area (Å²) in [5.74, 6) is 0.744. The van der Waals surface area contributed by atoms with E-state index in [-0.39, 0.29) is 24.8 Å². The molecule has 3 aromatic carbocycles. The number of anilines is 1. The highest BCUT2D eigenvalue weighted by Crippen LogP contribution is 2.40. The Labute approximate surface area is 216 Å². The molecule has 4 rings (SSSR count). The number of amides is 2. The Hall–Kier alpha value is -3.04. The number of aliphatic hydroxyl groups excluding tert-OH is 1. The molecule has 3 atom stereocenters. The molecule has 0 radical (unpaired) electrons. The second-order valence-electron chi connectivity index (χ2n) is 8.65. The minimum absolute atomic E-state index is 0.0105. The summed E-state index contributed by atoms with van der Waals surface area (Å²) in [6.07, 6.45) is -0.00173. The maximum atomic E-state index is 11.7. The summed E-state index contributed by atoms with van der Waals surface area (Å²) in [6.45, 7) is 2.92. The van der Waals surface area contributed by atoms with Crippen LogP contribution in [-0.2, 0) is 22.6 Å². The van der Waals surface area contributed by atoms with Crippen LogP contribution >= 0.6 is 11.8 Å². The highest BCUT2D eigenvalue weighted by Gasteiger charge is 2.32. The van der Waals surface area contributed by atoms with Crippen molar-refractivity contribution in [2.24, 2.45) is 0 Å². The fourth-order valence-corrected chi connectivity index (χ4v) is 5.01. The van der Waals surface area contributed by atoms with E-state index in [2.05, 4.69) is 10.6 Å². The number of hydrogen-bond acceptors (Lipinski definition) is 6. The summed E-state index contributed by atoms with van der Waals surface area (Å²) in [5, 5.41) is 15.0. The molecule has 8 heteroatoms. The molecule has 0 saturated carbocycles. The number of para-hydroxylation sites is 1. The van der Waals surface area contributed by atoms with Crippen LogP contribution in [0.4, 0.5) is 10.5 Å². The Kier molecular flexibility index (Phi) is 9.24. The fraction of sp³-hybridized carbons (Fsp3) is 0.321. The maximum Gasteiger partial charge on any atom is 0.315 e. The van der Waals surface area contributed by atoms with Crippen molar-refractivity contribution in [2.45, 2.75) is 49.9 Å². The first-order valence-corrected chi connectivity index (χ1v) is 13.1. The summed E-state index contributed by atoms with van der Waals surface area (Å²) in [5.41, 5.74) is 10.7. The van der Waals surface area contributed by atoms with Gasteiger partial charge in [0.1, 0.15) is 0 Å². The Morgan fingerprint density at radius 2 is 1.67 bits per heavy atom. The zero-order valence-electron chi connectivity index (χ0n) is 20.4. The van der Waals surface area contributed by atoms with Crippen LogP contribution in [0, 0.1) is 0 Å². The molecular formula is C28H33N3O4S. The second kappa shape index (κ2) is 12.8. The molecule has 36 heavy (non-hydrogen) atoms. The number of rotatable bonds is 9. The maximum absolute atomic E-state index is 11.7. The Balaban J connectivity index is 1.47. The van der Waals surface area contributed by atoms with Crippen molar-refractivity contribution >= 4 is 23.5 Å². The number of hydrogen-bond donors (Lipinski definition) is 4. The number of carbonyl (C=O) groups is 1. The minimum Gasteiger partial charge on any atom is -0.398 e. The molecule has 1 saturated heterocycles. The standard InChI is InChI=1S/C28H33N3O4S/c1-2-30-28(33)31-16-19-7-13-22(14-8-19)27-34-23(18-36-26-6-4-3-5-24(26)29)15-25(35-27)21-11-9-20(17-32)10-12-21/h3-14,23,25,27,32H,2,15-18,29H2,1H3,(H2,30,31,33)/t23-,25+,27?/m0/s1. The van der Waals surface area contributed by atoms with Gasteiger partial charge in [0, 0.05) is 41.4 Å². The SMILES string of the molecule is CCNC(=O)NCc1ccc(C2O[C@H](CSc3ccccc3N)C[C@H](c3ccc(CO)cc3)O2)cc1. The quantitative estimate of drug-likeness (QED) is 0.242. The van der Waals surface area contributed by atoms with Gasteiger partial charge >= 0.3 is 6.03 Å². The highest BCUT2D eigenvalue weighted by atomic mass is 32.2. The van der Waals surface area contributed by atoms with Gasteiger partial charge in [-0.05, 0) is 35.7 Å². The zero-order chi connectivity index (χ0) is 25.3. The van der Waals surface area contributed by atoms with Crippen LogP contribution in [0.3, 0.4) is 0 Å². The third kappa shape index (κ3) is 7.01. The number of carbonyl (C=O) groups excluding carboxylic acids is 1. The lowest BCUT2D eigenvalue weighted by Gasteiger charge is -2.36. The van der Waals surface area contributed by atoms with Crippen molar-refractivity contribution in [3.05, 3.63) is 95.1 Å². The van der Waals surface area contributed by atoms with Gasteiger partial charge in [0.15, 0.2) is 6.29 Å². The lowest BCUT2D eigenvalue weighted by atomic mass is 10.0. The van der Waals surface area contributed by atoms with Gasteiger partial charge in [-0.1, -0.05) is 60.7 Å². The molecule has 5 N–H and O–H groups in total. The summed E-state index contributed by atoms with van der Waals surface area (Å²) in [7, 11) is 0. The number of urea groups is 1. The number of nitrogens with one attached hydrogen (secondary N) is 2. The van der Waals surface area contributed by atoms with Gasteiger partial charge in [0.25, 0.3) is 0 Å². The van der Waals surface area contributed by atoms with Crippen LogP contribution in [0.1, 0.15) is 48.0 Å². The monoisotopic (exact) mass is 507 g/mol. The van der Waals surface area contributed by atoms with E-state index in [1.54, 1.807) is 11.8 Å². The van der Waals surface area contributed by atoms with Gasteiger partial charge in [0.2, 0.25) is 0 Å². The van der Waals surface area contributed by atoms with Gasteiger partial charge in [0.05, 0.1) is 18.8 Å². The summed E-state index contributed by atoms with van der Waals surface area (Å²) < 4.78 is 12.8. The molecule has 1 fully saturated rings. The summed E-state index contributed by atoms with van der Waals surface area (Å²) >= 11 is 1.69. The van der Waals surface area contributed by atoms with Crippen LogP contribution in [0.15, 0.2) is 77.7 Å². The van der Waals surface area contributed by atoms with E-state index in [0.717, 1.165) is 38.6 Å². The second-order valence-corrected chi connectivity index (χ2v) is 9.72. The molecule has 1 heterocycles. The first-order chi connectivity index (χ1) is 17.6. The van der Waals surface area contributed by atoms with E-state index in [4.69, 9.17) is 15.2 Å². The van der Waals surface area contributed by atoms with Crippen molar-refractivity contribution in [3.63, 3.8) is 0 Å². The number of nitrogens with two attached hydrogens (primary N) is 1. The summed E-state index contributed by atoms with van der Waals surface area (Å²) in [4.78, 5) is 12.7. The molecule has 1 aliphatic rings. The predicted octanol–water partition coefficient (Wildman–Crippen LogP) is 4.92. The van der Waals surface area contributed by atoms with Crippen molar-refractivity contribution in [3.8, 4) is 0 Å². The number of thioether (sulfide) groups is 1. The Morgan fingerprint density at radius 3 is 2.36 bits per heavy atom. The van der Waals surface area contributed by atoms with Gasteiger partial charge in [-0.2, -0.15) is 0 Å². The first kappa shape index (κ1) is 26.0. The van der Waals surface area contributed by atoms with E-state index < -0.39 is 6.29 Å². The van der Waals surface area contributed by atoms with E-state index in [1.165, 1.54) is 0 Å². The van der Waals surface area contributed by atoms with Gasteiger partial charge in [-0.15, -0.1) is 11.8 Å². The van der Waals surface area contributed by atoms with Crippen LogP contribution < -0.4 is 16.4 Å². The molecule has 7 nitrogen and oxygen atoms in total. The zero-order valence-corrected chi connectivity index (χ0v) is 21.2. The average molecular weight is 508 g/mol. The van der Waals surface area contributed by atoms with E-state index >= 15 is 0 Å². The van der Waals surface area contributed by atoms with E-state index in [9.17, 15) is 9.90 Å². The Morgan fingerprint density at radius 1 is 0.972 bits per heavy atom. The third-order valence-corrected chi connectivity index (χ3v) is 7.22. The molecule has 0 aliphatic carbocycles. The normalized spacial score (nSPS) is 19.6. The van der Waals surface area contributed by atoms with E-state index in [1.807, 2.05) is 79.7 Å². The minimum atomic E-state index is -0.523. The Bertz CT molecular complexity index is 1120. The van der Waals surface area contributed by atoms with Crippen LogP contribution in [0.5, 0.6) is 0 Å². The van der Waals surface area contributed by atoms with Gasteiger partial charge < -0.3 is 30.9 Å². The largest absolute Gasteiger partial charge is 0.398 e. The van der Waals surface area contributed by atoms with Crippen molar-refractivity contribution in [1.82, 2.24) is 10.6 Å². The summed E-state index contributed by atoms with van der Waals surface area (Å²) in [6, 6.07) is 23.4. The lowest BCUT2D eigenvalue weighted by Crippen LogP contribution is -2.34. The molecule has 3 aromatic rings. The van der Waals surface area contributed by atoms with Crippen molar-refractivity contribution in [2.75, 3.05) is 18.0 Å². The topological polar surface area (TPSA) is 106 Å². The molecule has 1 aliphatic heterocycles. The number of nitrogen functional groups attached to an aromatic ring is 1.